The van der Waals surface area contributed by atoms with Gasteiger partial charge in [-0.2, -0.15) is 11.8 Å². The van der Waals surface area contributed by atoms with Gasteiger partial charge in [0.1, 0.15) is 5.75 Å². The lowest BCUT2D eigenvalue weighted by atomic mass is 10.1. The summed E-state index contributed by atoms with van der Waals surface area (Å²) in [4.78, 5) is 24.0. The Hall–Kier alpha value is -1.69. The van der Waals surface area contributed by atoms with Gasteiger partial charge in [0.15, 0.2) is 6.10 Å². The molecule has 2 rings (SSSR count). The largest absolute Gasteiger partial charge is 0.478 e. The second-order valence-electron chi connectivity index (χ2n) is 5.62. The fourth-order valence-corrected chi connectivity index (χ4v) is 3.13. The predicted molar refractivity (Wildman–Crippen MR) is 94.1 cm³/mol. The number of fused-ring (bicyclic) bond motifs is 1. The van der Waals surface area contributed by atoms with Gasteiger partial charge in [-0.1, -0.05) is 13.0 Å². The Morgan fingerprint density at radius 3 is 3.00 bits per heavy atom. The van der Waals surface area contributed by atoms with Crippen molar-refractivity contribution in [1.82, 2.24) is 5.32 Å². The summed E-state index contributed by atoms with van der Waals surface area (Å²) >= 11 is 1.89. The Bertz CT molecular complexity index is 563. The highest BCUT2D eigenvalue weighted by atomic mass is 32.2. The van der Waals surface area contributed by atoms with Crippen molar-refractivity contribution in [2.45, 2.75) is 39.2 Å². The first-order valence-corrected chi connectivity index (χ1v) is 9.18. The van der Waals surface area contributed by atoms with Crippen LogP contribution in [0.3, 0.4) is 0 Å². The average molecular weight is 336 g/mol. The molecule has 23 heavy (non-hydrogen) atoms. The molecule has 126 valence electrons. The van der Waals surface area contributed by atoms with Crippen LogP contribution in [0.5, 0.6) is 5.75 Å². The van der Waals surface area contributed by atoms with Gasteiger partial charge in [0.05, 0.1) is 12.1 Å². The van der Waals surface area contributed by atoms with Crippen molar-refractivity contribution < 1.29 is 14.3 Å². The quantitative estimate of drug-likeness (QED) is 0.716. The Morgan fingerprint density at radius 2 is 2.22 bits per heavy atom. The second kappa shape index (κ2) is 8.82. The van der Waals surface area contributed by atoms with Crippen LogP contribution in [0.1, 0.15) is 31.7 Å². The molecule has 0 aliphatic carbocycles. The van der Waals surface area contributed by atoms with Gasteiger partial charge in [-0.15, -0.1) is 0 Å². The van der Waals surface area contributed by atoms with Crippen molar-refractivity contribution in [2.24, 2.45) is 0 Å². The molecule has 0 spiro atoms. The maximum atomic E-state index is 12.0. The van der Waals surface area contributed by atoms with E-state index in [4.69, 9.17) is 4.74 Å². The highest BCUT2D eigenvalue weighted by Gasteiger charge is 2.29. The summed E-state index contributed by atoms with van der Waals surface area (Å²) in [7, 11) is 0. The van der Waals surface area contributed by atoms with E-state index in [0.717, 1.165) is 23.5 Å². The van der Waals surface area contributed by atoms with E-state index in [9.17, 15) is 9.59 Å². The minimum Gasteiger partial charge on any atom is -0.478 e. The summed E-state index contributed by atoms with van der Waals surface area (Å²) in [6, 6.07) is 5.60. The summed E-state index contributed by atoms with van der Waals surface area (Å²) in [5, 5.41) is 5.65. The van der Waals surface area contributed by atoms with Crippen molar-refractivity contribution in [2.75, 3.05) is 23.4 Å². The van der Waals surface area contributed by atoms with Gasteiger partial charge in [0.2, 0.25) is 5.91 Å². The SMILES string of the molecule is CCCSCCCNC(=O)C[C@@H]1Oc2ccc(C)cc2NC1=O. The minimum atomic E-state index is -0.764. The van der Waals surface area contributed by atoms with Gasteiger partial charge in [0, 0.05) is 6.54 Å². The maximum Gasteiger partial charge on any atom is 0.266 e. The van der Waals surface area contributed by atoms with E-state index in [2.05, 4.69) is 17.6 Å². The van der Waals surface area contributed by atoms with Crippen molar-refractivity contribution in [1.29, 1.82) is 0 Å². The smallest absolute Gasteiger partial charge is 0.266 e. The molecule has 0 saturated heterocycles. The predicted octanol–water partition coefficient (Wildman–Crippen LogP) is 2.73. The number of carbonyl (C=O) groups is 2. The van der Waals surface area contributed by atoms with Gasteiger partial charge in [-0.3, -0.25) is 9.59 Å². The Kier molecular flexibility index (Phi) is 6.77. The molecule has 2 N–H and O–H groups in total. The Balaban J connectivity index is 1.76. The van der Waals surface area contributed by atoms with E-state index in [1.807, 2.05) is 36.9 Å². The molecule has 0 fully saturated rings. The monoisotopic (exact) mass is 336 g/mol. The van der Waals surface area contributed by atoms with E-state index in [1.165, 1.54) is 6.42 Å². The van der Waals surface area contributed by atoms with Crippen LogP contribution < -0.4 is 15.4 Å². The van der Waals surface area contributed by atoms with Gasteiger partial charge in [-0.25, -0.2) is 0 Å². The second-order valence-corrected chi connectivity index (χ2v) is 6.84. The molecule has 0 aromatic heterocycles. The molecule has 0 saturated carbocycles. The summed E-state index contributed by atoms with van der Waals surface area (Å²) in [5.41, 5.74) is 1.71. The molecule has 0 unspecified atom stereocenters. The molecular formula is C17H24N2O3S. The molecule has 2 amide bonds. The first-order chi connectivity index (χ1) is 11.1. The molecule has 6 heteroatoms. The van der Waals surface area contributed by atoms with Crippen LogP contribution in [0.15, 0.2) is 18.2 Å². The molecule has 1 atom stereocenters. The van der Waals surface area contributed by atoms with Crippen molar-refractivity contribution >= 4 is 29.3 Å². The lowest BCUT2D eigenvalue weighted by molar-refractivity contribution is -0.130. The number of thioether (sulfide) groups is 1. The Morgan fingerprint density at radius 1 is 1.39 bits per heavy atom. The standard InChI is InChI=1S/C17H24N2O3S/c1-3-8-23-9-4-7-18-16(20)11-15-17(21)19-13-10-12(2)5-6-14(13)22-15/h5-6,10,15H,3-4,7-9,11H2,1-2H3,(H,18,20)(H,19,21)/t15-/m0/s1. The normalized spacial score (nSPS) is 16.3. The molecule has 0 bridgehead atoms. The van der Waals surface area contributed by atoms with E-state index < -0.39 is 6.10 Å². The third kappa shape index (κ3) is 5.46. The van der Waals surface area contributed by atoms with Crippen LogP contribution in [-0.4, -0.2) is 36.0 Å². The molecule has 0 radical (unpaired) electrons. The van der Waals surface area contributed by atoms with Crippen molar-refractivity contribution in [3.63, 3.8) is 0 Å². The van der Waals surface area contributed by atoms with Crippen LogP contribution in [0.2, 0.25) is 0 Å². The molecule has 1 aromatic carbocycles. The minimum absolute atomic E-state index is 0.0429. The Labute approximate surface area is 141 Å². The fraction of sp³-hybridized carbons (Fsp3) is 0.529. The topological polar surface area (TPSA) is 67.4 Å². The number of aryl methyl sites for hydroxylation is 1. The lowest BCUT2D eigenvalue weighted by Crippen LogP contribution is -2.41. The number of nitrogens with one attached hydrogen (secondary N) is 2. The molecule has 5 nitrogen and oxygen atoms in total. The van der Waals surface area contributed by atoms with Crippen molar-refractivity contribution in [3.05, 3.63) is 23.8 Å². The molecular weight excluding hydrogens is 312 g/mol. The van der Waals surface area contributed by atoms with E-state index in [-0.39, 0.29) is 18.2 Å². The first-order valence-electron chi connectivity index (χ1n) is 8.02. The highest BCUT2D eigenvalue weighted by molar-refractivity contribution is 7.99. The number of hydrogen-bond acceptors (Lipinski definition) is 4. The van der Waals surface area contributed by atoms with Crippen molar-refractivity contribution in [3.8, 4) is 5.75 Å². The van der Waals surface area contributed by atoms with Crippen LogP contribution in [0.25, 0.3) is 0 Å². The van der Waals surface area contributed by atoms with Gasteiger partial charge >= 0.3 is 0 Å². The number of hydrogen-bond donors (Lipinski definition) is 2. The van der Waals surface area contributed by atoms with E-state index >= 15 is 0 Å². The van der Waals surface area contributed by atoms with Gasteiger partial charge in [0.25, 0.3) is 5.91 Å². The van der Waals surface area contributed by atoms with E-state index in [0.29, 0.717) is 18.0 Å². The molecule has 1 aromatic rings. The molecule has 1 aliphatic rings. The number of anilines is 1. The number of benzene rings is 1. The average Bonchev–Trinajstić information content (AvgIpc) is 2.51. The van der Waals surface area contributed by atoms with Crippen LogP contribution in [0.4, 0.5) is 5.69 Å². The number of carbonyl (C=O) groups excluding carboxylic acids is 2. The van der Waals surface area contributed by atoms with Crippen LogP contribution in [-0.2, 0) is 9.59 Å². The number of amides is 2. The van der Waals surface area contributed by atoms with Crippen LogP contribution in [0, 0.1) is 6.92 Å². The third-order valence-electron chi connectivity index (χ3n) is 3.46. The van der Waals surface area contributed by atoms with Crippen LogP contribution >= 0.6 is 11.8 Å². The summed E-state index contributed by atoms with van der Waals surface area (Å²) in [6.07, 6.45) is 1.39. The summed E-state index contributed by atoms with van der Waals surface area (Å²) in [5.74, 6) is 2.39. The maximum absolute atomic E-state index is 12.0. The van der Waals surface area contributed by atoms with Gasteiger partial charge < -0.3 is 15.4 Å². The zero-order chi connectivity index (χ0) is 16.7. The fourth-order valence-electron chi connectivity index (χ4n) is 2.29. The van der Waals surface area contributed by atoms with E-state index in [1.54, 1.807) is 0 Å². The first kappa shape index (κ1) is 17.7. The number of rotatable bonds is 8. The zero-order valence-corrected chi connectivity index (χ0v) is 14.5. The summed E-state index contributed by atoms with van der Waals surface area (Å²) < 4.78 is 5.65. The zero-order valence-electron chi connectivity index (χ0n) is 13.7. The third-order valence-corrected chi connectivity index (χ3v) is 4.74. The highest BCUT2D eigenvalue weighted by Crippen LogP contribution is 2.30. The molecule has 1 heterocycles. The molecule has 1 aliphatic heterocycles. The lowest BCUT2D eigenvalue weighted by Gasteiger charge is -2.25. The summed E-state index contributed by atoms with van der Waals surface area (Å²) in [6.45, 7) is 4.74. The number of ether oxygens (including phenoxy) is 1. The van der Waals surface area contributed by atoms with Gasteiger partial charge in [-0.05, 0) is 49.0 Å².